The first kappa shape index (κ1) is 11.1. The molecule has 0 atom stereocenters. The largest absolute Gasteiger partial charge is 0.459 e. The lowest BCUT2D eigenvalue weighted by Gasteiger charge is -2.08. The van der Waals surface area contributed by atoms with Crippen molar-refractivity contribution in [1.82, 2.24) is 4.98 Å². The van der Waals surface area contributed by atoms with Crippen LogP contribution in [0.1, 0.15) is 23.3 Å². The molecular weight excluding hydrogens is 274 g/mol. The molecule has 0 radical (unpaired) electrons. The van der Waals surface area contributed by atoms with Crippen molar-refractivity contribution in [2.75, 3.05) is 0 Å². The fraction of sp³-hybridized carbons (Fsp3) is 0.273. The zero-order valence-corrected chi connectivity index (χ0v) is 10.0. The number of ketones is 1. The van der Waals surface area contributed by atoms with E-state index in [1.165, 1.54) is 12.5 Å². The lowest BCUT2D eigenvalue weighted by atomic mass is 10.1. The Hall–Kier alpha value is -1.36. The van der Waals surface area contributed by atoms with Gasteiger partial charge in [-0.3, -0.25) is 9.78 Å². The maximum Gasteiger partial charge on any atom is 0.240 e. The second-order valence-corrected chi connectivity index (χ2v) is 4.21. The highest BCUT2D eigenvalue weighted by Gasteiger charge is 2.16. The van der Waals surface area contributed by atoms with Crippen molar-refractivity contribution in [2.24, 2.45) is 0 Å². The topological polar surface area (TPSA) is 48.4 Å². The van der Waals surface area contributed by atoms with Crippen LogP contribution in [0.5, 0.6) is 0 Å². The van der Waals surface area contributed by atoms with Crippen LogP contribution in [-0.4, -0.2) is 17.1 Å². The van der Waals surface area contributed by atoms with Crippen molar-refractivity contribution in [2.45, 2.75) is 19.1 Å². The van der Waals surface area contributed by atoms with Gasteiger partial charge in [0.15, 0.2) is 5.78 Å². The average Bonchev–Trinajstić information content (AvgIpc) is 2.78. The highest BCUT2D eigenvalue weighted by atomic mass is 79.9. The monoisotopic (exact) mass is 283 g/mol. The SMILES string of the molecule is O=C(CCC1OC=CO1)c1cc(Br)ccn1. The Bertz CT molecular complexity index is 411. The molecule has 0 saturated heterocycles. The third-order valence-electron chi connectivity index (χ3n) is 2.13. The Kier molecular flexibility index (Phi) is 3.56. The number of hydrogen-bond donors (Lipinski definition) is 0. The van der Waals surface area contributed by atoms with E-state index in [0.29, 0.717) is 18.5 Å². The van der Waals surface area contributed by atoms with Crippen LogP contribution in [0.25, 0.3) is 0 Å². The number of carbonyl (C=O) groups is 1. The quantitative estimate of drug-likeness (QED) is 0.797. The van der Waals surface area contributed by atoms with E-state index in [1.807, 2.05) is 0 Å². The van der Waals surface area contributed by atoms with Crippen LogP contribution < -0.4 is 0 Å². The highest BCUT2D eigenvalue weighted by Crippen LogP contribution is 2.15. The summed E-state index contributed by atoms with van der Waals surface area (Å²) in [6, 6.07) is 3.49. The highest BCUT2D eigenvalue weighted by molar-refractivity contribution is 9.10. The summed E-state index contributed by atoms with van der Waals surface area (Å²) in [4.78, 5) is 15.7. The molecule has 4 nitrogen and oxygen atoms in total. The molecular formula is C11H10BrNO3. The molecule has 0 amide bonds. The molecule has 1 aromatic heterocycles. The molecule has 1 aromatic rings. The van der Waals surface area contributed by atoms with Crippen LogP contribution in [0.4, 0.5) is 0 Å². The number of nitrogens with zero attached hydrogens (tertiary/aromatic N) is 1. The zero-order chi connectivity index (χ0) is 11.4. The van der Waals surface area contributed by atoms with Gasteiger partial charge in [-0.05, 0) is 12.1 Å². The Labute approximate surface area is 101 Å². The van der Waals surface area contributed by atoms with Gasteiger partial charge in [0.2, 0.25) is 6.29 Å². The molecule has 1 aliphatic rings. The Morgan fingerprint density at radius 3 is 2.88 bits per heavy atom. The van der Waals surface area contributed by atoms with Crippen molar-refractivity contribution in [3.63, 3.8) is 0 Å². The molecule has 1 aliphatic heterocycles. The van der Waals surface area contributed by atoms with E-state index in [-0.39, 0.29) is 12.1 Å². The summed E-state index contributed by atoms with van der Waals surface area (Å²) in [7, 11) is 0. The number of rotatable bonds is 4. The van der Waals surface area contributed by atoms with Crippen LogP contribution in [0.3, 0.4) is 0 Å². The Morgan fingerprint density at radius 1 is 1.44 bits per heavy atom. The summed E-state index contributed by atoms with van der Waals surface area (Å²) in [5.74, 6) is -0.0135. The normalized spacial score (nSPS) is 14.6. The van der Waals surface area contributed by atoms with Gasteiger partial charge in [-0.1, -0.05) is 15.9 Å². The molecule has 0 aliphatic carbocycles. The van der Waals surface area contributed by atoms with Crippen molar-refractivity contribution in [1.29, 1.82) is 0 Å². The molecule has 0 N–H and O–H groups in total. The number of ether oxygens (including phenoxy) is 2. The first-order chi connectivity index (χ1) is 7.75. The van der Waals surface area contributed by atoms with Crippen LogP contribution in [0.15, 0.2) is 35.3 Å². The first-order valence-electron chi connectivity index (χ1n) is 4.86. The molecule has 0 fully saturated rings. The van der Waals surface area contributed by atoms with Gasteiger partial charge < -0.3 is 9.47 Å². The first-order valence-corrected chi connectivity index (χ1v) is 5.66. The van der Waals surface area contributed by atoms with Crippen LogP contribution in [-0.2, 0) is 9.47 Å². The third-order valence-corrected chi connectivity index (χ3v) is 2.62. The Balaban J connectivity index is 1.88. The summed E-state index contributed by atoms with van der Waals surface area (Å²) < 4.78 is 11.0. The number of hydrogen-bond acceptors (Lipinski definition) is 4. The number of pyridine rings is 1. The van der Waals surface area contributed by atoms with Crippen LogP contribution >= 0.6 is 15.9 Å². The maximum absolute atomic E-state index is 11.7. The standard InChI is InChI=1S/C11H10BrNO3/c12-8-3-4-13-9(7-8)10(14)1-2-11-15-5-6-16-11/h3-7,11H,1-2H2. The number of carbonyl (C=O) groups excluding carboxylic acids is 1. The third kappa shape index (κ3) is 2.82. The van der Waals surface area contributed by atoms with Gasteiger partial charge in [0.05, 0.1) is 0 Å². The molecule has 0 bridgehead atoms. The smallest absolute Gasteiger partial charge is 0.240 e. The Morgan fingerprint density at radius 2 is 2.19 bits per heavy atom. The van der Waals surface area contributed by atoms with E-state index >= 15 is 0 Å². The van der Waals surface area contributed by atoms with E-state index < -0.39 is 0 Å². The van der Waals surface area contributed by atoms with Crippen molar-refractivity contribution < 1.29 is 14.3 Å². The molecule has 2 heterocycles. The number of Topliss-reactive ketones (excluding diaryl/α,β-unsaturated/α-hetero) is 1. The zero-order valence-electron chi connectivity index (χ0n) is 8.43. The van der Waals surface area contributed by atoms with E-state index in [9.17, 15) is 4.79 Å². The van der Waals surface area contributed by atoms with E-state index in [0.717, 1.165) is 4.47 Å². The second-order valence-electron chi connectivity index (χ2n) is 3.30. The van der Waals surface area contributed by atoms with Gasteiger partial charge in [0, 0.05) is 23.5 Å². The van der Waals surface area contributed by atoms with Gasteiger partial charge >= 0.3 is 0 Å². The maximum atomic E-state index is 11.7. The van der Waals surface area contributed by atoms with Gasteiger partial charge in [-0.25, -0.2) is 0 Å². The summed E-state index contributed by atoms with van der Waals surface area (Å²) in [6.45, 7) is 0. The molecule has 0 saturated carbocycles. The summed E-state index contributed by atoms with van der Waals surface area (Å²) in [5.41, 5.74) is 0.459. The minimum absolute atomic E-state index is 0.0135. The molecule has 0 aromatic carbocycles. The lowest BCUT2D eigenvalue weighted by molar-refractivity contribution is -0.0280. The predicted octanol–water partition coefficient (Wildman–Crippen LogP) is 2.65. The van der Waals surface area contributed by atoms with Crippen LogP contribution in [0.2, 0.25) is 0 Å². The minimum Gasteiger partial charge on any atom is -0.459 e. The minimum atomic E-state index is -0.337. The molecule has 16 heavy (non-hydrogen) atoms. The van der Waals surface area contributed by atoms with Crippen molar-refractivity contribution in [3.8, 4) is 0 Å². The van der Waals surface area contributed by atoms with E-state index in [1.54, 1.807) is 18.3 Å². The summed E-state index contributed by atoms with van der Waals surface area (Å²) in [6.07, 6.45) is 5.10. The molecule has 5 heteroatoms. The predicted molar refractivity (Wildman–Crippen MR) is 60.6 cm³/mol. The molecule has 84 valence electrons. The van der Waals surface area contributed by atoms with Crippen molar-refractivity contribution >= 4 is 21.7 Å². The second kappa shape index (κ2) is 5.12. The fourth-order valence-corrected chi connectivity index (χ4v) is 1.68. The average molecular weight is 284 g/mol. The van der Waals surface area contributed by atoms with Crippen LogP contribution in [0, 0.1) is 0 Å². The molecule has 2 rings (SSSR count). The molecule has 0 spiro atoms. The summed E-state index contributed by atoms with van der Waals surface area (Å²) >= 11 is 3.30. The fourth-order valence-electron chi connectivity index (χ4n) is 1.34. The summed E-state index contributed by atoms with van der Waals surface area (Å²) in [5, 5.41) is 0. The van der Waals surface area contributed by atoms with Gasteiger partial charge in [-0.15, -0.1) is 0 Å². The van der Waals surface area contributed by atoms with Gasteiger partial charge in [0.1, 0.15) is 18.2 Å². The van der Waals surface area contributed by atoms with Gasteiger partial charge in [-0.2, -0.15) is 0 Å². The molecule has 0 unspecified atom stereocenters. The van der Waals surface area contributed by atoms with Crippen molar-refractivity contribution in [3.05, 3.63) is 41.0 Å². The van der Waals surface area contributed by atoms with E-state index in [4.69, 9.17) is 9.47 Å². The van der Waals surface area contributed by atoms with Gasteiger partial charge in [0.25, 0.3) is 0 Å². The number of aromatic nitrogens is 1. The number of halogens is 1. The lowest BCUT2D eigenvalue weighted by Crippen LogP contribution is -2.11. The van der Waals surface area contributed by atoms with E-state index in [2.05, 4.69) is 20.9 Å².